The second-order valence-electron chi connectivity index (χ2n) is 15.3. The fraction of sp³-hybridized carbons (Fsp3) is 0.857. The topological polar surface area (TPSA) is 58.6 Å². The van der Waals surface area contributed by atoms with E-state index in [0.717, 1.165) is 30.7 Å². The molecule has 0 aromatic heterocycles. The Morgan fingerprint density at radius 1 is 1.05 bits per heavy atom. The molecule has 0 amide bonds. The minimum Gasteiger partial charge on any atom is -0.460 e. The van der Waals surface area contributed by atoms with Crippen molar-refractivity contribution in [3.8, 4) is 0 Å². The second kappa shape index (κ2) is 12.8. The predicted molar refractivity (Wildman–Crippen MR) is 159 cm³/mol. The zero-order valence-electron chi connectivity index (χ0n) is 25.4. The van der Waals surface area contributed by atoms with Gasteiger partial charge < -0.3 is 15.2 Å². The molecule has 0 aromatic carbocycles. The molecule has 5 rings (SSSR count). The van der Waals surface area contributed by atoms with E-state index in [1.807, 2.05) is 20.8 Å². The van der Waals surface area contributed by atoms with E-state index >= 15 is 0 Å². The Kier molecular flexibility index (Phi) is 9.64. The van der Waals surface area contributed by atoms with Gasteiger partial charge in [0, 0.05) is 19.0 Å². The van der Waals surface area contributed by atoms with E-state index in [4.69, 9.17) is 4.74 Å². The number of carbonyl (C=O) groups excluding carboxylic acids is 1. The Balaban J connectivity index is 1.12. The third-order valence-electron chi connectivity index (χ3n) is 11.2. The molecule has 10 unspecified atom stereocenters. The molecule has 39 heavy (non-hydrogen) atoms. The molecule has 1 heterocycles. The molecule has 3 fully saturated rings. The van der Waals surface area contributed by atoms with Crippen molar-refractivity contribution in [2.45, 2.75) is 135 Å². The average Bonchev–Trinajstić information content (AvgIpc) is 3.26. The zero-order valence-corrected chi connectivity index (χ0v) is 25.4. The summed E-state index contributed by atoms with van der Waals surface area (Å²) in [6.45, 7) is 9.47. The number of esters is 1. The van der Waals surface area contributed by atoms with Gasteiger partial charge in [0.1, 0.15) is 5.60 Å². The van der Waals surface area contributed by atoms with E-state index < -0.39 is 5.60 Å². The second-order valence-corrected chi connectivity index (χ2v) is 15.3. The highest BCUT2D eigenvalue weighted by atomic mass is 16.6. The quantitative estimate of drug-likeness (QED) is 0.269. The highest BCUT2D eigenvalue weighted by molar-refractivity contribution is 5.70. The molecule has 4 nitrogen and oxygen atoms in total. The van der Waals surface area contributed by atoms with Gasteiger partial charge in [-0.2, -0.15) is 0 Å². The van der Waals surface area contributed by atoms with Gasteiger partial charge >= 0.3 is 5.97 Å². The van der Waals surface area contributed by atoms with Crippen LogP contribution in [0.5, 0.6) is 0 Å². The largest absolute Gasteiger partial charge is 0.460 e. The van der Waals surface area contributed by atoms with Crippen molar-refractivity contribution in [3.05, 3.63) is 23.8 Å². The number of hydrogen-bond donors (Lipinski definition) is 2. The maximum atomic E-state index is 12.4. The number of rotatable bonds is 6. The van der Waals surface area contributed by atoms with E-state index in [-0.39, 0.29) is 12.1 Å². The van der Waals surface area contributed by atoms with Gasteiger partial charge in [0.15, 0.2) is 0 Å². The monoisotopic (exact) mass is 539 g/mol. The van der Waals surface area contributed by atoms with Crippen LogP contribution in [0.2, 0.25) is 0 Å². The van der Waals surface area contributed by atoms with Gasteiger partial charge in [-0.3, -0.25) is 4.79 Å². The molecule has 0 saturated heterocycles. The Morgan fingerprint density at radius 2 is 1.87 bits per heavy atom. The number of aliphatic hydroxyl groups excluding tert-OH is 1. The highest BCUT2D eigenvalue weighted by Gasteiger charge is 2.40. The summed E-state index contributed by atoms with van der Waals surface area (Å²) >= 11 is 0. The summed E-state index contributed by atoms with van der Waals surface area (Å²) in [6, 6.07) is 0.599. The van der Waals surface area contributed by atoms with E-state index in [0.29, 0.717) is 42.1 Å². The summed E-state index contributed by atoms with van der Waals surface area (Å²) in [7, 11) is 0. The molecule has 220 valence electrons. The van der Waals surface area contributed by atoms with Crippen LogP contribution in [-0.2, 0) is 9.53 Å². The molecule has 2 N–H and O–H groups in total. The van der Waals surface area contributed by atoms with Crippen molar-refractivity contribution < 1.29 is 14.6 Å². The van der Waals surface area contributed by atoms with Crippen molar-refractivity contribution in [1.82, 2.24) is 5.32 Å². The first-order valence-corrected chi connectivity index (χ1v) is 16.7. The van der Waals surface area contributed by atoms with Gasteiger partial charge in [0.2, 0.25) is 0 Å². The standard InChI is InChI=1S/C35H57NO3/c1-23-10-13-28(21-31(23)32-22-36-30-9-7-5-6-8-27(32)20-30)33(37)15-12-24-11-14-26-17-25(18-29(26)16-24)19-34(38)39-35(2,3)4/h12,15,20,23-26,28-33,36-37H,5-11,13-14,16-19,21-22H2,1-4H3. The van der Waals surface area contributed by atoms with Crippen LogP contribution in [0.1, 0.15) is 118 Å². The number of nitrogens with one attached hydrogen (secondary N) is 1. The minimum atomic E-state index is -0.391. The van der Waals surface area contributed by atoms with E-state index in [1.54, 1.807) is 5.57 Å². The van der Waals surface area contributed by atoms with Crippen LogP contribution < -0.4 is 5.32 Å². The van der Waals surface area contributed by atoms with Crippen LogP contribution in [0.3, 0.4) is 0 Å². The Morgan fingerprint density at radius 3 is 2.69 bits per heavy atom. The lowest BCUT2D eigenvalue weighted by Crippen LogP contribution is -2.44. The van der Waals surface area contributed by atoms with Crippen molar-refractivity contribution in [2.24, 2.45) is 47.3 Å². The van der Waals surface area contributed by atoms with E-state index in [1.165, 1.54) is 77.0 Å². The molecule has 4 aliphatic carbocycles. The Labute approximate surface area is 238 Å². The predicted octanol–water partition coefficient (Wildman–Crippen LogP) is 7.61. The van der Waals surface area contributed by atoms with Gasteiger partial charge in [-0.05, 0) is 132 Å². The summed E-state index contributed by atoms with van der Waals surface area (Å²) in [4.78, 5) is 12.4. The molecule has 0 radical (unpaired) electrons. The maximum Gasteiger partial charge on any atom is 0.306 e. The van der Waals surface area contributed by atoms with E-state index in [9.17, 15) is 9.90 Å². The van der Waals surface area contributed by atoms with Crippen molar-refractivity contribution >= 4 is 5.97 Å². The molecule has 0 spiro atoms. The average molecular weight is 540 g/mol. The van der Waals surface area contributed by atoms with Crippen LogP contribution in [0.25, 0.3) is 0 Å². The number of hydrogen-bond acceptors (Lipinski definition) is 4. The number of carbonyl (C=O) groups is 1. The molecule has 1 aliphatic heterocycles. The summed E-state index contributed by atoms with van der Waals surface area (Å²) in [5.41, 5.74) is 1.34. The molecule has 3 saturated carbocycles. The fourth-order valence-corrected chi connectivity index (χ4v) is 9.17. The Bertz CT molecular complexity index is 887. The van der Waals surface area contributed by atoms with Crippen LogP contribution >= 0.6 is 0 Å². The lowest BCUT2D eigenvalue weighted by molar-refractivity contribution is -0.155. The molecule has 4 heteroatoms. The van der Waals surface area contributed by atoms with Gasteiger partial charge in [-0.1, -0.05) is 50.0 Å². The molecular weight excluding hydrogens is 482 g/mol. The maximum absolute atomic E-state index is 12.4. The first kappa shape index (κ1) is 29.4. The molecule has 10 atom stereocenters. The first-order chi connectivity index (χ1) is 18.6. The molecule has 5 aliphatic rings. The molecule has 2 bridgehead atoms. The van der Waals surface area contributed by atoms with Crippen molar-refractivity contribution in [2.75, 3.05) is 6.54 Å². The molecule has 0 aromatic rings. The fourth-order valence-electron chi connectivity index (χ4n) is 9.17. The van der Waals surface area contributed by atoms with Crippen molar-refractivity contribution in [3.63, 3.8) is 0 Å². The minimum absolute atomic E-state index is 0.0273. The normalized spacial score (nSPS) is 40.3. The number of ether oxygens (including phenoxy) is 1. The van der Waals surface area contributed by atoms with Gasteiger partial charge in [0.25, 0.3) is 0 Å². The molecular formula is C35H57NO3. The lowest BCUT2D eigenvalue weighted by atomic mass is 9.64. The number of aliphatic hydroxyl groups is 1. The lowest BCUT2D eigenvalue weighted by Gasteiger charge is -2.44. The highest BCUT2D eigenvalue weighted by Crippen LogP contribution is 2.49. The summed E-state index contributed by atoms with van der Waals surface area (Å²) in [6.07, 6.45) is 23.8. The SMILES string of the molecule is CC1CCC(C(O)C=CC2CCC3CC(CC(=O)OC(C)(C)C)CC3C2)CC1C1CNC2C=C1CCCCC2. The van der Waals surface area contributed by atoms with Gasteiger partial charge in [-0.15, -0.1) is 0 Å². The first-order valence-electron chi connectivity index (χ1n) is 16.7. The van der Waals surface area contributed by atoms with Crippen LogP contribution in [0.4, 0.5) is 0 Å². The number of fused-ring (bicyclic) bond motifs is 2. The summed E-state index contributed by atoms with van der Waals surface area (Å²) in [5, 5.41) is 15.2. The van der Waals surface area contributed by atoms with Crippen LogP contribution in [-0.4, -0.2) is 35.4 Å². The zero-order chi connectivity index (χ0) is 27.6. The number of allylic oxidation sites excluding steroid dienone is 1. The summed E-state index contributed by atoms with van der Waals surface area (Å²) in [5.74, 6) is 5.06. The third-order valence-corrected chi connectivity index (χ3v) is 11.2. The van der Waals surface area contributed by atoms with Crippen molar-refractivity contribution in [1.29, 1.82) is 0 Å². The summed E-state index contributed by atoms with van der Waals surface area (Å²) < 4.78 is 5.60. The smallest absolute Gasteiger partial charge is 0.306 e. The van der Waals surface area contributed by atoms with E-state index in [2.05, 4.69) is 30.5 Å². The Hall–Kier alpha value is -1.13. The van der Waals surface area contributed by atoms with Crippen LogP contribution in [0, 0.1) is 47.3 Å². The van der Waals surface area contributed by atoms with Gasteiger partial charge in [0.05, 0.1) is 6.10 Å². The van der Waals surface area contributed by atoms with Gasteiger partial charge in [-0.25, -0.2) is 0 Å². The third kappa shape index (κ3) is 7.79. The van der Waals surface area contributed by atoms with Crippen LogP contribution in [0.15, 0.2) is 23.8 Å².